The van der Waals surface area contributed by atoms with E-state index in [-0.39, 0.29) is 0 Å². The zero-order valence-electron chi connectivity index (χ0n) is 14.6. The number of rotatable bonds is 9. The van der Waals surface area contributed by atoms with Gasteiger partial charge in [-0.15, -0.1) is 0 Å². The molecule has 0 spiro atoms. The van der Waals surface area contributed by atoms with Crippen LogP contribution in [0.4, 0.5) is 5.69 Å². The van der Waals surface area contributed by atoms with E-state index in [0.29, 0.717) is 30.1 Å². The van der Waals surface area contributed by atoms with Gasteiger partial charge in [0.05, 0.1) is 12.3 Å². The van der Waals surface area contributed by atoms with Gasteiger partial charge in [-0.05, 0) is 40.2 Å². The van der Waals surface area contributed by atoms with Gasteiger partial charge in [0.15, 0.2) is 11.4 Å². The standard InChI is InChI=1S/C18H29N3O/c1-6-7-8-9-12-22-18-16(13-19)20-11-10-17(18)21(14(2)3)15(4)5/h10-11,14-15H,6-9,12H2,1-5H3. The summed E-state index contributed by atoms with van der Waals surface area (Å²) < 4.78 is 5.96. The minimum Gasteiger partial charge on any atom is -0.488 e. The molecule has 1 heterocycles. The van der Waals surface area contributed by atoms with Crippen LogP contribution in [0, 0.1) is 11.3 Å². The molecule has 4 heteroatoms. The Morgan fingerprint density at radius 2 is 1.86 bits per heavy atom. The SMILES string of the molecule is CCCCCCOc1c(N(C(C)C)C(C)C)ccnc1C#N. The van der Waals surface area contributed by atoms with Crippen molar-refractivity contribution in [2.75, 3.05) is 11.5 Å². The first kappa shape index (κ1) is 18.3. The van der Waals surface area contributed by atoms with Gasteiger partial charge in [0.1, 0.15) is 6.07 Å². The van der Waals surface area contributed by atoms with Crippen LogP contribution in [-0.2, 0) is 0 Å². The van der Waals surface area contributed by atoms with Crippen LogP contribution in [0.5, 0.6) is 5.75 Å². The van der Waals surface area contributed by atoms with E-state index in [4.69, 9.17) is 4.74 Å². The van der Waals surface area contributed by atoms with Gasteiger partial charge in [0, 0.05) is 18.3 Å². The predicted molar refractivity (Wildman–Crippen MR) is 91.3 cm³/mol. The van der Waals surface area contributed by atoms with Crippen LogP contribution in [0.3, 0.4) is 0 Å². The van der Waals surface area contributed by atoms with Crippen LogP contribution in [0.1, 0.15) is 66.0 Å². The monoisotopic (exact) mass is 303 g/mol. The number of unbranched alkanes of at least 4 members (excludes halogenated alkanes) is 3. The fraction of sp³-hybridized carbons (Fsp3) is 0.667. The van der Waals surface area contributed by atoms with Crippen LogP contribution >= 0.6 is 0 Å². The van der Waals surface area contributed by atoms with Gasteiger partial charge in [-0.2, -0.15) is 5.26 Å². The molecule has 0 saturated heterocycles. The zero-order chi connectivity index (χ0) is 16.5. The molecule has 4 nitrogen and oxygen atoms in total. The Labute approximate surface area is 135 Å². The number of nitrogens with zero attached hydrogens (tertiary/aromatic N) is 3. The second kappa shape index (κ2) is 9.30. The molecule has 0 fully saturated rings. The van der Waals surface area contributed by atoms with E-state index < -0.39 is 0 Å². The lowest BCUT2D eigenvalue weighted by Crippen LogP contribution is -2.37. The van der Waals surface area contributed by atoms with E-state index in [1.807, 2.05) is 6.07 Å². The number of hydrogen-bond donors (Lipinski definition) is 0. The lowest BCUT2D eigenvalue weighted by molar-refractivity contribution is 0.302. The number of anilines is 1. The maximum atomic E-state index is 9.33. The topological polar surface area (TPSA) is 49.1 Å². The van der Waals surface area contributed by atoms with Gasteiger partial charge in [0.2, 0.25) is 0 Å². The van der Waals surface area contributed by atoms with Crippen LogP contribution in [0.2, 0.25) is 0 Å². The van der Waals surface area contributed by atoms with Crippen molar-refractivity contribution in [1.29, 1.82) is 5.26 Å². The summed E-state index contributed by atoms with van der Waals surface area (Å²) in [4.78, 5) is 6.43. The third-order valence-corrected chi connectivity index (χ3v) is 3.62. The van der Waals surface area contributed by atoms with Crippen molar-refractivity contribution in [2.45, 2.75) is 72.4 Å². The third-order valence-electron chi connectivity index (χ3n) is 3.62. The molecule has 122 valence electrons. The van der Waals surface area contributed by atoms with Gasteiger partial charge in [-0.3, -0.25) is 0 Å². The number of hydrogen-bond acceptors (Lipinski definition) is 4. The first-order chi connectivity index (χ1) is 10.5. The summed E-state index contributed by atoms with van der Waals surface area (Å²) in [5.41, 5.74) is 1.34. The highest BCUT2D eigenvalue weighted by Crippen LogP contribution is 2.33. The number of nitriles is 1. The molecule has 0 aliphatic heterocycles. The average Bonchev–Trinajstić information content (AvgIpc) is 2.47. The lowest BCUT2D eigenvalue weighted by atomic mass is 10.1. The van der Waals surface area contributed by atoms with Crippen molar-refractivity contribution >= 4 is 5.69 Å². The van der Waals surface area contributed by atoms with Gasteiger partial charge in [0.25, 0.3) is 0 Å². The van der Waals surface area contributed by atoms with E-state index in [2.05, 4.69) is 50.6 Å². The van der Waals surface area contributed by atoms with Crippen molar-refractivity contribution in [3.8, 4) is 11.8 Å². The Balaban J connectivity index is 2.99. The molecule has 0 bridgehead atoms. The second-order valence-corrected chi connectivity index (χ2v) is 6.12. The van der Waals surface area contributed by atoms with E-state index >= 15 is 0 Å². The summed E-state index contributed by atoms with van der Waals surface area (Å²) in [7, 11) is 0. The van der Waals surface area contributed by atoms with Crippen LogP contribution in [0.25, 0.3) is 0 Å². The summed E-state index contributed by atoms with van der Waals surface area (Å²) in [5.74, 6) is 0.629. The van der Waals surface area contributed by atoms with E-state index in [1.54, 1.807) is 6.20 Å². The minimum absolute atomic E-state index is 0.330. The molecule has 0 aromatic carbocycles. The number of ether oxygens (including phenoxy) is 1. The molecule has 0 radical (unpaired) electrons. The van der Waals surface area contributed by atoms with Gasteiger partial charge >= 0.3 is 0 Å². The van der Waals surface area contributed by atoms with Crippen molar-refractivity contribution in [1.82, 2.24) is 4.98 Å². The van der Waals surface area contributed by atoms with E-state index in [1.165, 1.54) is 12.8 Å². The molecule has 0 atom stereocenters. The molecule has 1 aromatic rings. The van der Waals surface area contributed by atoms with Crippen LogP contribution in [-0.4, -0.2) is 23.7 Å². The first-order valence-electron chi connectivity index (χ1n) is 8.33. The highest BCUT2D eigenvalue weighted by atomic mass is 16.5. The van der Waals surface area contributed by atoms with Crippen molar-refractivity contribution < 1.29 is 4.74 Å². The van der Waals surface area contributed by atoms with Crippen molar-refractivity contribution in [3.63, 3.8) is 0 Å². The smallest absolute Gasteiger partial charge is 0.184 e. The van der Waals surface area contributed by atoms with E-state index in [9.17, 15) is 5.26 Å². The Morgan fingerprint density at radius 1 is 1.18 bits per heavy atom. The average molecular weight is 303 g/mol. The fourth-order valence-electron chi connectivity index (χ4n) is 2.72. The van der Waals surface area contributed by atoms with Crippen molar-refractivity contribution in [2.24, 2.45) is 0 Å². The third kappa shape index (κ3) is 4.91. The molecule has 0 amide bonds. The summed E-state index contributed by atoms with van der Waals surface area (Å²) in [6, 6.07) is 4.76. The molecule has 1 rings (SSSR count). The second-order valence-electron chi connectivity index (χ2n) is 6.12. The minimum atomic E-state index is 0.330. The first-order valence-corrected chi connectivity index (χ1v) is 8.33. The Bertz CT molecular complexity index is 484. The molecular formula is C18H29N3O. The van der Waals surface area contributed by atoms with Gasteiger partial charge in [-0.1, -0.05) is 26.2 Å². The highest BCUT2D eigenvalue weighted by molar-refractivity contribution is 5.63. The number of pyridine rings is 1. The number of aromatic nitrogens is 1. The Kier molecular flexibility index (Phi) is 7.73. The predicted octanol–water partition coefficient (Wildman–Crippen LogP) is 4.54. The van der Waals surface area contributed by atoms with Crippen molar-refractivity contribution in [3.05, 3.63) is 18.0 Å². The fourth-order valence-corrected chi connectivity index (χ4v) is 2.72. The quantitative estimate of drug-likeness (QED) is 0.629. The Hall–Kier alpha value is -1.76. The normalized spacial score (nSPS) is 10.8. The summed E-state index contributed by atoms with van der Waals surface area (Å²) >= 11 is 0. The summed E-state index contributed by atoms with van der Waals surface area (Å²) in [6.07, 6.45) is 6.28. The molecule has 0 saturated carbocycles. The lowest BCUT2D eigenvalue weighted by Gasteiger charge is -2.34. The van der Waals surface area contributed by atoms with E-state index in [0.717, 1.165) is 18.5 Å². The van der Waals surface area contributed by atoms with Crippen LogP contribution < -0.4 is 9.64 Å². The molecule has 0 aliphatic rings. The maximum Gasteiger partial charge on any atom is 0.184 e. The Morgan fingerprint density at radius 3 is 2.41 bits per heavy atom. The highest BCUT2D eigenvalue weighted by Gasteiger charge is 2.21. The van der Waals surface area contributed by atoms with Gasteiger partial charge < -0.3 is 9.64 Å². The summed E-state index contributed by atoms with van der Waals surface area (Å²) in [6.45, 7) is 11.4. The molecule has 22 heavy (non-hydrogen) atoms. The molecule has 0 N–H and O–H groups in total. The molecule has 1 aromatic heterocycles. The molecule has 0 unspecified atom stereocenters. The summed E-state index contributed by atoms with van der Waals surface area (Å²) in [5, 5.41) is 9.33. The molecular weight excluding hydrogens is 274 g/mol. The van der Waals surface area contributed by atoms with Gasteiger partial charge in [-0.25, -0.2) is 4.98 Å². The van der Waals surface area contributed by atoms with Crippen LogP contribution in [0.15, 0.2) is 12.3 Å². The zero-order valence-corrected chi connectivity index (χ0v) is 14.6. The molecule has 0 aliphatic carbocycles. The largest absolute Gasteiger partial charge is 0.488 e. The maximum absolute atomic E-state index is 9.33.